The van der Waals surface area contributed by atoms with Crippen molar-refractivity contribution in [3.63, 3.8) is 0 Å². The van der Waals surface area contributed by atoms with E-state index in [2.05, 4.69) is 31.2 Å². The van der Waals surface area contributed by atoms with Gasteiger partial charge in [0.25, 0.3) is 5.91 Å². The van der Waals surface area contributed by atoms with E-state index in [4.69, 9.17) is 4.74 Å². The van der Waals surface area contributed by atoms with Gasteiger partial charge in [-0.1, -0.05) is 6.07 Å². The molecule has 5 heterocycles. The average Bonchev–Trinajstić information content (AvgIpc) is 3.32. The number of nitrogens with zero attached hydrogens (tertiary/aromatic N) is 3. The summed E-state index contributed by atoms with van der Waals surface area (Å²) in [4.78, 5) is 26.8. The van der Waals surface area contributed by atoms with Gasteiger partial charge in [-0.25, -0.2) is 4.98 Å². The molecule has 7 nitrogen and oxygen atoms in total. The molecule has 0 saturated carbocycles. The normalized spacial score (nSPS) is 20.0. The highest BCUT2D eigenvalue weighted by Crippen LogP contribution is 2.38. The molecule has 3 aromatic rings. The van der Waals surface area contributed by atoms with Crippen LogP contribution in [0.2, 0.25) is 0 Å². The molecule has 2 aliphatic heterocycles. The summed E-state index contributed by atoms with van der Waals surface area (Å²) in [5, 5.41) is 3.95. The Morgan fingerprint density at radius 2 is 2.22 bits per heavy atom. The second-order valence-corrected chi connectivity index (χ2v) is 7.12. The lowest BCUT2D eigenvalue weighted by Crippen LogP contribution is -2.48. The van der Waals surface area contributed by atoms with Crippen molar-refractivity contribution >= 4 is 22.6 Å². The highest BCUT2D eigenvalue weighted by molar-refractivity contribution is 6.01. The van der Waals surface area contributed by atoms with E-state index in [1.807, 2.05) is 24.4 Å². The standard InChI is InChI=1S/C20H21N5O2/c26-20(23-14-11-27-12-14)16-9-15-18(5-7-22-19(15)24-16)25-8-2-4-17(25)13-3-1-6-21-10-13/h1,3,5-7,9-10,14,17H,2,4,8,11-12H2,(H,22,24)(H,23,26). The zero-order valence-electron chi connectivity index (χ0n) is 14.9. The van der Waals surface area contributed by atoms with Gasteiger partial charge < -0.3 is 19.9 Å². The molecule has 7 heteroatoms. The molecule has 1 atom stereocenters. The molecular formula is C20H21N5O2. The molecule has 2 saturated heterocycles. The van der Waals surface area contributed by atoms with Gasteiger partial charge in [0.1, 0.15) is 11.3 Å². The zero-order chi connectivity index (χ0) is 18.2. The van der Waals surface area contributed by atoms with E-state index in [-0.39, 0.29) is 11.9 Å². The number of aromatic nitrogens is 3. The van der Waals surface area contributed by atoms with Gasteiger partial charge in [0.2, 0.25) is 0 Å². The highest BCUT2D eigenvalue weighted by Gasteiger charge is 2.28. The number of rotatable bonds is 4. The Bertz CT molecular complexity index is 967. The third kappa shape index (κ3) is 2.94. The van der Waals surface area contributed by atoms with Crippen LogP contribution in [0.4, 0.5) is 5.69 Å². The van der Waals surface area contributed by atoms with Crippen LogP contribution >= 0.6 is 0 Å². The summed E-state index contributed by atoms with van der Waals surface area (Å²) in [6, 6.07) is 8.45. The Morgan fingerprint density at radius 3 is 3.00 bits per heavy atom. The number of amides is 1. The topological polar surface area (TPSA) is 83.1 Å². The minimum absolute atomic E-state index is 0.102. The summed E-state index contributed by atoms with van der Waals surface area (Å²) in [6.07, 6.45) is 7.77. The quantitative estimate of drug-likeness (QED) is 0.744. The highest BCUT2D eigenvalue weighted by atomic mass is 16.5. The molecule has 0 radical (unpaired) electrons. The van der Waals surface area contributed by atoms with Crippen molar-refractivity contribution in [1.29, 1.82) is 0 Å². The number of hydrogen-bond acceptors (Lipinski definition) is 5. The van der Waals surface area contributed by atoms with Crippen LogP contribution in [0.5, 0.6) is 0 Å². The molecule has 0 bridgehead atoms. The van der Waals surface area contributed by atoms with Crippen molar-refractivity contribution in [2.75, 3.05) is 24.7 Å². The van der Waals surface area contributed by atoms with E-state index < -0.39 is 0 Å². The molecule has 27 heavy (non-hydrogen) atoms. The molecule has 1 unspecified atom stereocenters. The minimum atomic E-state index is -0.113. The Labute approximate surface area is 156 Å². The van der Waals surface area contributed by atoms with Crippen molar-refractivity contribution < 1.29 is 9.53 Å². The Kier molecular flexibility index (Phi) is 4.01. The van der Waals surface area contributed by atoms with Crippen molar-refractivity contribution in [2.45, 2.75) is 24.9 Å². The molecule has 0 spiro atoms. The van der Waals surface area contributed by atoms with Gasteiger partial charge in [-0.3, -0.25) is 9.78 Å². The van der Waals surface area contributed by atoms with Crippen molar-refractivity contribution in [2.24, 2.45) is 0 Å². The van der Waals surface area contributed by atoms with Gasteiger partial charge in [-0.15, -0.1) is 0 Å². The first-order chi connectivity index (χ1) is 13.3. The fourth-order valence-corrected chi connectivity index (χ4v) is 3.94. The van der Waals surface area contributed by atoms with Gasteiger partial charge in [0.05, 0.1) is 25.3 Å². The molecule has 138 valence electrons. The number of fused-ring (bicyclic) bond motifs is 1. The molecule has 1 amide bonds. The van der Waals surface area contributed by atoms with Crippen LogP contribution in [0, 0.1) is 0 Å². The first-order valence-electron chi connectivity index (χ1n) is 9.32. The molecule has 0 aliphatic carbocycles. The SMILES string of the molecule is O=C(NC1COC1)c1cc2c(N3CCCC3c3cccnc3)ccnc2[nH]1. The monoisotopic (exact) mass is 363 g/mol. The summed E-state index contributed by atoms with van der Waals surface area (Å²) in [6.45, 7) is 2.14. The second kappa shape index (κ2) is 6.66. The van der Waals surface area contributed by atoms with E-state index in [9.17, 15) is 4.79 Å². The largest absolute Gasteiger partial charge is 0.377 e. The number of H-pyrrole nitrogens is 1. The fourth-order valence-electron chi connectivity index (χ4n) is 3.94. The molecule has 3 aromatic heterocycles. The number of anilines is 1. The predicted octanol–water partition coefficient (Wildman–Crippen LogP) is 2.43. The number of hydrogen-bond donors (Lipinski definition) is 2. The molecule has 2 fully saturated rings. The van der Waals surface area contributed by atoms with Crippen LogP contribution in [0.15, 0.2) is 42.9 Å². The summed E-state index contributed by atoms with van der Waals surface area (Å²) in [7, 11) is 0. The van der Waals surface area contributed by atoms with E-state index >= 15 is 0 Å². The number of aromatic amines is 1. The van der Waals surface area contributed by atoms with Crippen LogP contribution in [0.3, 0.4) is 0 Å². The molecule has 2 aliphatic rings. The Hall–Kier alpha value is -2.93. The van der Waals surface area contributed by atoms with Crippen LogP contribution in [0.1, 0.15) is 34.9 Å². The van der Waals surface area contributed by atoms with Crippen molar-refractivity contribution in [1.82, 2.24) is 20.3 Å². The van der Waals surface area contributed by atoms with Crippen LogP contribution in [-0.4, -0.2) is 46.7 Å². The van der Waals surface area contributed by atoms with E-state index in [0.29, 0.717) is 24.9 Å². The third-order valence-corrected chi connectivity index (χ3v) is 5.36. The van der Waals surface area contributed by atoms with Crippen LogP contribution in [-0.2, 0) is 4.74 Å². The summed E-state index contributed by atoms with van der Waals surface area (Å²) in [5.41, 5.74) is 3.60. The van der Waals surface area contributed by atoms with Crippen LogP contribution in [0.25, 0.3) is 11.0 Å². The fraction of sp³-hybridized carbons (Fsp3) is 0.350. The van der Waals surface area contributed by atoms with Crippen molar-refractivity contribution in [3.05, 3.63) is 54.1 Å². The van der Waals surface area contributed by atoms with Crippen LogP contribution < -0.4 is 10.2 Å². The summed E-state index contributed by atoms with van der Waals surface area (Å²) in [5.74, 6) is -0.113. The summed E-state index contributed by atoms with van der Waals surface area (Å²) >= 11 is 0. The van der Waals surface area contributed by atoms with Gasteiger partial charge in [0.15, 0.2) is 0 Å². The number of pyridine rings is 2. The number of ether oxygens (including phenoxy) is 1. The van der Waals surface area contributed by atoms with Gasteiger partial charge >= 0.3 is 0 Å². The lowest BCUT2D eigenvalue weighted by molar-refractivity contribution is -0.00353. The second-order valence-electron chi connectivity index (χ2n) is 7.12. The first kappa shape index (κ1) is 16.3. The average molecular weight is 363 g/mol. The van der Waals surface area contributed by atoms with Crippen molar-refractivity contribution in [3.8, 4) is 0 Å². The number of carbonyl (C=O) groups is 1. The predicted molar refractivity (Wildman–Crippen MR) is 102 cm³/mol. The van der Waals surface area contributed by atoms with E-state index in [0.717, 1.165) is 36.1 Å². The molecule has 5 rings (SSSR count). The maximum atomic E-state index is 12.5. The third-order valence-electron chi connectivity index (χ3n) is 5.36. The Balaban J connectivity index is 1.48. The minimum Gasteiger partial charge on any atom is -0.377 e. The number of carbonyl (C=O) groups excluding carboxylic acids is 1. The van der Waals surface area contributed by atoms with Gasteiger partial charge in [-0.2, -0.15) is 0 Å². The first-order valence-corrected chi connectivity index (χ1v) is 9.32. The smallest absolute Gasteiger partial charge is 0.268 e. The summed E-state index contributed by atoms with van der Waals surface area (Å²) < 4.78 is 5.12. The molecule has 2 N–H and O–H groups in total. The van der Waals surface area contributed by atoms with E-state index in [1.54, 1.807) is 12.4 Å². The molecular weight excluding hydrogens is 342 g/mol. The van der Waals surface area contributed by atoms with Gasteiger partial charge in [-0.05, 0) is 36.6 Å². The molecule has 0 aromatic carbocycles. The van der Waals surface area contributed by atoms with Gasteiger partial charge in [0, 0.05) is 36.2 Å². The maximum Gasteiger partial charge on any atom is 0.268 e. The maximum absolute atomic E-state index is 12.5. The Morgan fingerprint density at radius 1 is 1.30 bits per heavy atom. The lowest BCUT2D eigenvalue weighted by atomic mass is 10.1. The zero-order valence-corrected chi connectivity index (χ0v) is 14.9. The van der Waals surface area contributed by atoms with E-state index in [1.165, 1.54) is 5.56 Å². The number of nitrogens with one attached hydrogen (secondary N) is 2. The lowest BCUT2D eigenvalue weighted by Gasteiger charge is -2.27.